The van der Waals surface area contributed by atoms with E-state index in [9.17, 15) is 10.2 Å². The molecule has 2 N–H and O–H groups in total. The minimum atomic E-state index is -0.273. The lowest BCUT2D eigenvalue weighted by Crippen LogP contribution is -2.11. The molecule has 0 aromatic heterocycles. The van der Waals surface area contributed by atoms with Crippen molar-refractivity contribution in [2.75, 3.05) is 14.2 Å². The van der Waals surface area contributed by atoms with Crippen LogP contribution in [0.15, 0.2) is 30.3 Å². The minimum absolute atomic E-state index is 0.0669. The third kappa shape index (κ3) is 4.02. The van der Waals surface area contributed by atoms with Crippen molar-refractivity contribution in [3.05, 3.63) is 47.0 Å². The van der Waals surface area contributed by atoms with Gasteiger partial charge in [0.1, 0.15) is 11.5 Å². The highest BCUT2D eigenvalue weighted by atomic mass is 16.5. The number of rotatable bonds is 4. The van der Waals surface area contributed by atoms with E-state index >= 15 is 0 Å². The summed E-state index contributed by atoms with van der Waals surface area (Å²) in [5, 5.41) is 20.1. The Morgan fingerprint density at radius 2 is 1.29 bits per heavy atom. The summed E-state index contributed by atoms with van der Waals surface area (Å²) in [6, 6.07) is 9.01. The van der Waals surface area contributed by atoms with Crippen LogP contribution < -0.4 is 9.47 Å². The maximum Gasteiger partial charge on any atom is 0.161 e. The predicted octanol–water partition coefficient (Wildman–Crippen LogP) is 4.58. The molecule has 0 unspecified atom stereocenters. The maximum absolute atomic E-state index is 10.1. The van der Waals surface area contributed by atoms with Crippen molar-refractivity contribution in [3.63, 3.8) is 0 Å². The molecule has 4 heteroatoms. The molecule has 0 bridgehead atoms. The Kier molecular flexibility index (Phi) is 5.07. The van der Waals surface area contributed by atoms with Gasteiger partial charge in [0.15, 0.2) is 11.5 Å². The van der Waals surface area contributed by atoms with Gasteiger partial charge in [0.25, 0.3) is 0 Å². The number of hydrogen-bond donors (Lipinski definition) is 2. The molecule has 0 saturated heterocycles. The van der Waals surface area contributed by atoms with E-state index in [0.29, 0.717) is 17.1 Å². The normalized spacial score (nSPS) is 11.7. The smallest absolute Gasteiger partial charge is 0.161 e. The van der Waals surface area contributed by atoms with Gasteiger partial charge in [0.2, 0.25) is 0 Å². The molecule has 0 fully saturated rings. The molecule has 24 heavy (non-hydrogen) atoms. The Bertz CT molecular complexity index is 733. The van der Waals surface area contributed by atoms with Crippen LogP contribution in [0.1, 0.15) is 37.5 Å². The van der Waals surface area contributed by atoms with Crippen LogP contribution in [0.3, 0.4) is 0 Å². The molecule has 0 heterocycles. The van der Waals surface area contributed by atoms with E-state index < -0.39 is 0 Å². The first kappa shape index (κ1) is 17.7. The third-order valence-corrected chi connectivity index (χ3v) is 3.76. The first-order chi connectivity index (χ1) is 11.2. The van der Waals surface area contributed by atoms with Gasteiger partial charge in [-0.15, -0.1) is 0 Å². The molecule has 4 nitrogen and oxygen atoms in total. The van der Waals surface area contributed by atoms with Crippen molar-refractivity contribution < 1.29 is 19.7 Å². The summed E-state index contributed by atoms with van der Waals surface area (Å²) < 4.78 is 10.5. The molecule has 2 aromatic rings. The van der Waals surface area contributed by atoms with Gasteiger partial charge < -0.3 is 19.7 Å². The van der Waals surface area contributed by atoms with Crippen LogP contribution in [0, 0.1) is 0 Å². The number of phenolic OH excluding ortho intramolecular Hbond substituents is 2. The number of hydrogen-bond acceptors (Lipinski definition) is 4. The number of aromatic hydroxyl groups is 2. The first-order valence-electron chi connectivity index (χ1n) is 7.72. The van der Waals surface area contributed by atoms with Crippen LogP contribution in [-0.2, 0) is 5.41 Å². The van der Waals surface area contributed by atoms with E-state index in [1.165, 1.54) is 0 Å². The zero-order valence-corrected chi connectivity index (χ0v) is 14.8. The van der Waals surface area contributed by atoms with Crippen molar-refractivity contribution in [3.8, 4) is 23.0 Å². The van der Waals surface area contributed by atoms with Gasteiger partial charge in [-0.2, -0.15) is 0 Å². The summed E-state index contributed by atoms with van der Waals surface area (Å²) >= 11 is 0. The van der Waals surface area contributed by atoms with E-state index in [4.69, 9.17) is 9.47 Å². The third-order valence-electron chi connectivity index (χ3n) is 3.76. The quantitative estimate of drug-likeness (QED) is 0.637. The van der Waals surface area contributed by atoms with Gasteiger partial charge in [0, 0.05) is 11.6 Å². The highest BCUT2D eigenvalue weighted by Crippen LogP contribution is 2.38. The number of ether oxygens (including phenoxy) is 2. The van der Waals surface area contributed by atoms with Gasteiger partial charge in [-0.3, -0.25) is 0 Å². The molecule has 2 rings (SSSR count). The van der Waals surface area contributed by atoms with E-state index in [-0.39, 0.29) is 16.9 Å². The lowest BCUT2D eigenvalue weighted by atomic mass is 9.85. The number of phenols is 2. The zero-order chi connectivity index (χ0) is 17.9. The molecule has 0 spiro atoms. The molecule has 0 aliphatic carbocycles. The second kappa shape index (κ2) is 6.87. The molecule has 0 atom stereocenters. The Morgan fingerprint density at radius 1 is 0.792 bits per heavy atom. The van der Waals surface area contributed by atoms with E-state index in [1.807, 2.05) is 51.1 Å². The van der Waals surface area contributed by atoms with Crippen molar-refractivity contribution in [1.82, 2.24) is 0 Å². The molecule has 0 aliphatic rings. The highest BCUT2D eigenvalue weighted by Gasteiger charge is 2.20. The molecule has 0 saturated carbocycles. The Balaban J connectivity index is 2.41. The number of methoxy groups -OCH3 is 2. The van der Waals surface area contributed by atoms with Crippen LogP contribution >= 0.6 is 0 Å². The molecule has 128 valence electrons. The van der Waals surface area contributed by atoms with Crippen LogP contribution in [0.2, 0.25) is 0 Å². The van der Waals surface area contributed by atoms with E-state index in [0.717, 1.165) is 11.1 Å². The van der Waals surface area contributed by atoms with Crippen molar-refractivity contribution in [1.29, 1.82) is 0 Å². The topological polar surface area (TPSA) is 58.9 Å². The van der Waals surface area contributed by atoms with E-state index in [2.05, 4.69) is 0 Å². The largest absolute Gasteiger partial charge is 0.504 e. The van der Waals surface area contributed by atoms with Crippen molar-refractivity contribution in [2.24, 2.45) is 0 Å². The molecule has 0 aliphatic heterocycles. The van der Waals surface area contributed by atoms with Crippen molar-refractivity contribution >= 4 is 12.2 Å². The molecule has 0 amide bonds. The standard InChI is InChI=1S/C20H24O4/c1-20(2,3)17-10-14(11-18(21)19(17)22)7-6-13-8-15(23-4)12-16(9-13)24-5/h6-12,21-22H,1-5H3/b7-6-. The second-order valence-corrected chi connectivity index (χ2v) is 6.67. The van der Waals surface area contributed by atoms with Crippen molar-refractivity contribution in [2.45, 2.75) is 26.2 Å². The molecular weight excluding hydrogens is 304 g/mol. The molecule has 0 radical (unpaired) electrons. The Morgan fingerprint density at radius 3 is 1.75 bits per heavy atom. The summed E-state index contributed by atoms with van der Waals surface area (Å²) in [4.78, 5) is 0. The van der Waals surface area contributed by atoms with Gasteiger partial charge in [-0.05, 0) is 40.8 Å². The fraction of sp³-hybridized carbons (Fsp3) is 0.300. The summed E-state index contributed by atoms with van der Waals surface area (Å²) in [6.07, 6.45) is 3.78. The Hall–Kier alpha value is -2.62. The fourth-order valence-electron chi connectivity index (χ4n) is 2.43. The molecule has 2 aromatic carbocycles. The van der Waals surface area contributed by atoms with Gasteiger partial charge in [-0.25, -0.2) is 0 Å². The summed E-state index contributed by atoms with van der Waals surface area (Å²) in [5.74, 6) is 1.23. The van der Waals surface area contributed by atoms with Gasteiger partial charge in [-0.1, -0.05) is 32.9 Å². The summed E-state index contributed by atoms with van der Waals surface area (Å²) in [6.45, 7) is 5.96. The summed E-state index contributed by atoms with van der Waals surface area (Å²) in [7, 11) is 3.21. The Labute approximate surface area is 143 Å². The predicted molar refractivity (Wildman–Crippen MR) is 96.9 cm³/mol. The SMILES string of the molecule is COc1cc(/C=C\c2cc(O)c(O)c(C(C)(C)C)c2)cc(OC)c1. The maximum atomic E-state index is 10.1. The van der Waals surface area contributed by atoms with E-state index in [1.54, 1.807) is 26.4 Å². The lowest BCUT2D eigenvalue weighted by Gasteiger charge is -2.21. The van der Waals surface area contributed by atoms with Crippen LogP contribution in [0.25, 0.3) is 12.2 Å². The highest BCUT2D eigenvalue weighted by molar-refractivity contribution is 5.73. The minimum Gasteiger partial charge on any atom is -0.504 e. The molecular formula is C20H24O4. The van der Waals surface area contributed by atoms with Crippen LogP contribution in [0.5, 0.6) is 23.0 Å². The average Bonchev–Trinajstić information content (AvgIpc) is 2.54. The summed E-state index contributed by atoms with van der Waals surface area (Å²) in [5.41, 5.74) is 2.14. The number of benzene rings is 2. The fourth-order valence-corrected chi connectivity index (χ4v) is 2.43. The van der Waals surface area contributed by atoms with Crippen LogP contribution in [0.4, 0.5) is 0 Å². The van der Waals surface area contributed by atoms with Gasteiger partial charge in [0.05, 0.1) is 14.2 Å². The second-order valence-electron chi connectivity index (χ2n) is 6.67. The average molecular weight is 328 g/mol. The van der Waals surface area contributed by atoms with Gasteiger partial charge >= 0.3 is 0 Å². The zero-order valence-electron chi connectivity index (χ0n) is 14.8. The monoisotopic (exact) mass is 328 g/mol. The van der Waals surface area contributed by atoms with Crippen LogP contribution in [-0.4, -0.2) is 24.4 Å². The lowest BCUT2D eigenvalue weighted by molar-refractivity contribution is 0.389. The first-order valence-corrected chi connectivity index (χ1v) is 7.72.